The van der Waals surface area contributed by atoms with Crippen LogP contribution < -0.4 is 0 Å². The molecule has 1 saturated heterocycles. The summed E-state index contributed by atoms with van der Waals surface area (Å²) in [5.74, 6) is 0.223. The lowest BCUT2D eigenvalue weighted by atomic mass is 10.2. The van der Waals surface area contributed by atoms with Crippen molar-refractivity contribution >= 4 is 5.91 Å². The number of hydrogen-bond acceptors (Lipinski definition) is 2. The molecule has 0 aliphatic carbocycles. The first-order valence-corrected chi connectivity index (χ1v) is 3.55. The molecule has 1 aliphatic heterocycles. The summed E-state index contributed by atoms with van der Waals surface area (Å²) in [6, 6.07) is 0.502. The van der Waals surface area contributed by atoms with Crippen LogP contribution >= 0.6 is 0 Å². The van der Waals surface area contributed by atoms with Gasteiger partial charge in [-0.3, -0.25) is 9.69 Å². The van der Waals surface area contributed by atoms with Crippen LogP contribution in [0.3, 0.4) is 0 Å². The van der Waals surface area contributed by atoms with Gasteiger partial charge in [0.05, 0.1) is 6.54 Å². The second kappa shape index (κ2) is 2.58. The van der Waals surface area contributed by atoms with E-state index < -0.39 is 0 Å². The molecule has 1 aliphatic rings. The molecule has 0 spiro atoms. The van der Waals surface area contributed by atoms with Crippen molar-refractivity contribution in [1.82, 2.24) is 9.80 Å². The summed E-state index contributed by atoms with van der Waals surface area (Å²) in [7, 11) is 3.83. The van der Waals surface area contributed by atoms with Crippen molar-refractivity contribution in [2.24, 2.45) is 0 Å². The van der Waals surface area contributed by atoms with E-state index in [0.717, 1.165) is 6.54 Å². The fourth-order valence-electron chi connectivity index (χ4n) is 1.13. The smallest absolute Gasteiger partial charge is 0.236 e. The van der Waals surface area contributed by atoms with Crippen molar-refractivity contribution in [3.63, 3.8) is 0 Å². The molecule has 1 rings (SSSR count). The second-order valence-corrected chi connectivity index (χ2v) is 3.04. The number of nitrogens with zero attached hydrogens (tertiary/aromatic N) is 2. The molecule has 1 fully saturated rings. The molecule has 1 amide bonds. The summed E-state index contributed by atoms with van der Waals surface area (Å²) < 4.78 is 0. The topological polar surface area (TPSA) is 23.6 Å². The van der Waals surface area contributed by atoms with Crippen molar-refractivity contribution < 1.29 is 4.79 Å². The standard InChI is InChI=1S/C7H14N2O/c1-6-4-9(3)7(10)5-8(6)2/h6H,4-5H2,1-3H3/t6-/m1/s1. The van der Waals surface area contributed by atoms with E-state index in [0.29, 0.717) is 12.6 Å². The Morgan fingerprint density at radius 3 is 2.60 bits per heavy atom. The van der Waals surface area contributed by atoms with Gasteiger partial charge in [-0.1, -0.05) is 0 Å². The number of carbonyl (C=O) groups is 1. The van der Waals surface area contributed by atoms with Gasteiger partial charge < -0.3 is 4.90 Å². The zero-order valence-corrected chi connectivity index (χ0v) is 6.79. The molecule has 1 heterocycles. The molecule has 0 unspecified atom stereocenters. The first-order valence-electron chi connectivity index (χ1n) is 3.55. The first-order chi connectivity index (χ1) is 4.61. The van der Waals surface area contributed by atoms with Crippen LogP contribution in [0.1, 0.15) is 6.92 Å². The summed E-state index contributed by atoms with van der Waals surface area (Å²) in [5.41, 5.74) is 0. The molecule has 1 atom stereocenters. The van der Waals surface area contributed by atoms with Crippen molar-refractivity contribution in [1.29, 1.82) is 0 Å². The van der Waals surface area contributed by atoms with Crippen LogP contribution in [0.2, 0.25) is 0 Å². The van der Waals surface area contributed by atoms with Crippen molar-refractivity contribution in [3.8, 4) is 0 Å². The van der Waals surface area contributed by atoms with Gasteiger partial charge in [-0.2, -0.15) is 0 Å². The van der Waals surface area contributed by atoms with Gasteiger partial charge in [0.1, 0.15) is 0 Å². The number of piperazine rings is 1. The average molecular weight is 142 g/mol. The number of carbonyl (C=O) groups excluding carboxylic acids is 1. The molecule has 10 heavy (non-hydrogen) atoms. The minimum atomic E-state index is 0.223. The Kier molecular flexibility index (Phi) is 1.94. The summed E-state index contributed by atoms with van der Waals surface area (Å²) in [4.78, 5) is 14.9. The second-order valence-electron chi connectivity index (χ2n) is 3.04. The molecule has 3 heteroatoms. The van der Waals surface area contributed by atoms with E-state index in [1.807, 2.05) is 14.1 Å². The highest BCUT2D eigenvalue weighted by Crippen LogP contribution is 2.04. The predicted molar refractivity (Wildman–Crippen MR) is 39.7 cm³/mol. The van der Waals surface area contributed by atoms with Crippen LogP contribution in [0.25, 0.3) is 0 Å². The van der Waals surface area contributed by atoms with E-state index in [9.17, 15) is 4.79 Å². The minimum absolute atomic E-state index is 0.223. The highest BCUT2D eigenvalue weighted by atomic mass is 16.2. The summed E-state index contributed by atoms with van der Waals surface area (Å²) in [5, 5.41) is 0. The Morgan fingerprint density at radius 1 is 1.50 bits per heavy atom. The van der Waals surface area contributed by atoms with Crippen LogP contribution in [0.5, 0.6) is 0 Å². The molecule has 0 aromatic rings. The average Bonchev–Trinajstić information content (AvgIpc) is 1.84. The molecule has 0 aromatic heterocycles. The lowest BCUT2D eigenvalue weighted by Crippen LogP contribution is -2.51. The quantitative estimate of drug-likeness (QED) is 0.467. The van der Waals surface area contributed by atoms with E-state index in [-0.39, 0.29) is 5.91 Å². The zero-order valence-electron chi connectivity index (χ0n) is 6.79. The highest BCUT2D eigenvalue weighted by Gasteiger charge is 2.23. The first kappa shape index (κ1) is 7.54. The number of likely N-dealkylation sites (N-methyl/N-ethyl adjacent to an activating group) is 2. The van der Waals surface area contributed by atoms with Crippen LogP contribution in [-0.2, 0) is 4.79 Å². The van der Waals surface area contributed by atoms with E-state index in [4.69, 9.17) is 0 Å². The highest BCUT2D eigenvalue weighted by molar-refractivity contribution is 5.78. The largest absolute Gasteiger partial charge is 0.343 e. The third kappa shape index (κ3) is 1.29. The number of hydrogen-bond donors (Lipinski definition) is 0. The van der Waals surface area contributed by atoms with Gasteiger partial charge in [0, 0.05) is 19.6 Å². The normalized spacial score (nSPS) is 29.3. The van der Waals surface area contributed by atoms with Gasteiger partial charge >= 0.3 is 0 Å². The van der Waals surface area contributed by atoms with Crippen LogP contribution in [0, 0.1) is 0 Å². The van der Waals surface area contributed by atoms with Gasteiger partial charge in [0.2, 0.25) is 5.91 Å². The molecule has 0 aromatic carbocycles. The summed E-state index contributed by atoms with van der Waals surface area (Å²) >= 11 is 0. The maximum absolute atomic E-state index is 11.0. The molecule has 58 valence electrons. The Morgan fingerprint density at radius 2 is 2.10 bits per heavy atom. The molecule has 0 radical (unpaired) electrons. The molecule has 0 saturated carbocycles. The molecule has 0 bridgehead atoms. The molecular weight excluding hydrogens is 128 g/mol. The maximum atomic E-state index is 11.0. The van der Waals surface area contributed by atoms with Crippen molar-refractivity contribution in [3.05, 3.63) is 0 Å². The Bertz CT molecular complexity index is 147. The lowest BCUT2D eigenvalue weighted by Gasteiger charge is -2.34. The third-order valence-electron chi connectivity index (χ3n) is 2.10. The number of amides is 1. The molecule has 3 nitrogen and oxygen atoms in total. The monoisotopic (exact) mass is 142 g/mol. The summed E-state index contributed by atoms with van der Waals surface area (Å²) in [6.45, 7) is 3.55. The fourth-order valence-corrected chi connectivity index (χ4v) is 1.13. The SMILES string of the molecule is C[C@@H]1CN(C)C(=O)CN1C. The minimum Gasteiger partial charge on any atom is -0.343 e. The van der Waals surface area contributed by atoms with Gasteiger partial charge in [0.15, 0.2) is 0 Å². The zero-order chi connectivity index (χ0) is 7.72. The lowest BCUT2D eigenvalue weighted by molar-refractivity contribution is -0.135. The maximum Gasteiger partial charge on any atom is 0.236 e. The third-order valence-corrected chi connectivity index (χ3v) is 2.10. The Labute approximate surface area is 61.6 Å². The van der Waals surface area contributed by atoms with E-state index >= 15 is 0 Å². The van der Waals surface area contributed by atoms with Gasteiger partial charge in [-0.15, -0.1) is 0 Å². The fraction of sp³-hybridized carbons (Fsp3) is 0.857. The van der Waals surface area contributed by atoms with Crippen molar-refractivity contribution in [2.45, 2.75) is 13.0 Å². The van der Waals surface area contributed by atoms with Gasteiger partial charge in [-0.25, -0.2) is 0 Å². The van der Waals surface area contributed by atoms with Crippen LogP contribution in [0.15, 0.2) is 0 Å². The molecular formula is C7H14N2O. The Hall–Kier alpha value is -0.570. The number of rotatable bonds is 0. The van der Waals surface area contributed by atoms with Crippen molar-refractivity contribution in [2.75, 3.05) is 27.2 Å². The van der Waals surface area contributed by atoms with Crippen LogP contribution in [0.4, 0.5) is 0 Å². The van der Waals surface area contributed by atoms with E-state index in [1.165, 1.54) is 0 Å². The van der Waals surface area contributed by atoms with Gasteiger partial charge in [-0.05, 0) is 14.0 Å². The van der Waals surface area contributed by atoms with Gasteiger partial charge in [0.25, 0.3) is 0 Å². The molecule has 0 N–H and O–H groups in total. The van der Waals surface area contributed by atoms with E-state index in [1.54, 1.807) is 4.90 Å². The predicted octanol–water partition coefficient (Wildman–Crippen LogP) is -0.221. The van der Waals surface area contributed by atoms with E-state index in [2.05, 4.69) is 11.8 Å². The van der Waals surface area contributed by atoms with Crippen LogP contribution in [-0.4, -0.2) is 48.9 Å². The Balaban J connectivity index is 2.54. The summed E-state index contributed by atoms with van der Waals surface area (Å²) in [6.07, 6.45) is 0.